The zero-order valence-corrected chi connectivity index (χ0v) is 12.0. The van der Waals surface area contributed by atoms with Gasteiger partial charge in [0.15, 0.2) is 0 Å². The lowest BCUT2D eigenvalue weighted by Crippen LogP contribution is -2.30. The van der Waals surface area contributed by atoms with Crippen molar-refractivity contribution in [3.63, 3.8) is 0 Å². The Morgan fingerprint density at radius 2 is 1.76 bits per heavy atom. The molecule has 0 spiro atoms. The molecule has 106 valence electrons. The number of carbonyl (C=O) groups is 1. The summed E-state index contributed by atoms with van der Waals surface area (Å²) >= 11 is 0. The van der Waals surface area contributed by atoms with E-state index in [0.717, 1.165) is 22.0 Å². The molecule has 0 atom stereocenters. The third kappa shape index (κ3) is 2.68. The molecule has 0 saturated carbocycles. The van der Waals surface area contributed by atoms with E-state index in [0.29, 0.717) is 13.1 Å². The van der Waals surface area contributed by atoms with Crippen LogP contribution in [0.5, 0.6) is 0 Å². The molecule has 0 aliphatic carbocycles. The number of nitrogens with zero attached hydrogens (tertiary/aromatic N) is 1. The smallest absolute Gasteiger partial charge is 0.256 e. The van der Waals surface area contributed by atoms with Crippen molar-refractivity contribution >= 4 is 16.8 Å². The molecule has 1 aromatic heterocycles. The van der Waals surface area contributed by atoms with E-state index in [1.165, 1.54) is 0 Å². The summed E-state index contributed by atoms with van der Waals surface area (Å²) in [6.45, 7) is 3.33. The van der Waals surface area contributed by atoms with Crippen molar-refractivity contribution in [2.24, 2.45) is 0 Å². The molecule has 3 aromatic rings. The van der Waals surface area contributed by atoms with Gasteiger partial charge in [-0.1, -0.05) is 48.5 Å². The van der Waals surface area contributed by atoms with Crippen molar-refractivity contribution in [2.75, 3.05) is 6.54 Å². The van der Waals surface area contributed by atoms with Gasteiger partial charge in [-0.2, -0.15) is 0 Å². The zero-order valence-electron chi connectivity index (χ0n) is 12.0. The molecule has 1 N–H and O–H groups in total. The lowest BCUT2D eigenvalue weighted by atomic mass is 10.1. The fourth-order valence-electron chi connectivity index (χ4n) is 2.55. The number of rotatable bonds is 4. The molecule has 0 unspecified atom stereocenters. The molecule has 3 nitrogen and oxygen atoms in total. The normalized spacial score (nSPS) is 10.7. The average molecular weight is 278 g/mol. The minimum atomic E-state index is 0.0683. The monoisotopic (exact) mass is 278 g/mol. The van der Waals surface area contributed by atoms with Gasteiger partial charge in [0.05, 0.1) is 5.56 Å². The van der Waals surface area contributed by atoms with E-state index < -0.39 is 0 Å². The fourth-order valence-corrected chi connectivity index (χ4v) is 2.55. The largest absolute Gasteiger partial charge is 0.360 e. The highest BCUT2D eigenvalue weighted by atomic mass is 16.2. The molecule has 0 aliphatic rings. The van der Waals surface area contributed by atoms with Gasteiger partial charge in [0.1, 0.15) is 0 Å². The Labute approximate surface area is 124 Å². The minimum absolute atomic E-state index is 0.0683. The van der Waals surface area contributed by atoms with Crippen molar-refractivity contribution in [1.29, 1.82) is 0 Å². The molecule has 1 heterocycles. The highest BCUT2D eigenvalue weighted by molar-refractivity contribution is 6.06. The van der Waals surface area contributed by atoms with Gasteiger partial charge in [-0.3, -0.25) is 4.79 Å². The maximum Gasteiger partial charge on any atom is 0.256 e. The van der Waals surface area contributed by atoms with E-state index in [2.05, 4.69) is 4.98 Å². The van der Waals surface area contributed by atoms with Crippen LogP contribution in [0.3, 0.4) is 0 Å². The van der Waals surface area contributed by atoms with Gasteiger partial charge in [-0.05, 0) is 18.6 Å². The van der Waals surface area contributed by atoms with Gasteiger partial charge >= 0.3 is 0 Å². The van der Waals surface area contributed by atoms with Crippen LogP contribution in [0.2, 0.25) is 0 Å². The Morgan fingerprint density at radius 3 is 2.52 bits per heavy atom. The highest BCUT2D eigenvalue weighted by Gasteiger charge is 2.17. The summed E-state index contributed by atoms with van der Waals surface area (Å²) in [4.78, 5) is 17.8. The summed E-state index contributed by atoms with van der Waals surface area (Å²) in [6.07, 6.45) is 1.81. The number of benzene rings is 2. The van der Waals surface area contributed by atoms with Crippen LogP contribution in [0.1, 0.15) is 22.8 Å². The number of nitrogens with one attached hydrogen (secondary N) is 1. The van der Waals surface area contributed by atoms with Crippen molar-refractivity contribution in [3.05, 3.63) is 71.9 Å². The Kier molecular flexibility index (Phi) is 3.73. The Bertz CT molecular complexity index is 746. The van der Waals surface area contributed by atoms with E-state index in [1.54, 1.807) is 6.20 Å². The molecule has 1 amide bonds. The number of fused-ring (bicyclic) bond motifs is 1. The van der Waals surface area contributed by atoms with Gasteiger partial charge in [0.25, 0.3) is 5.91 Å². The van der Waals surface area contributed by atoms with Gasteiger partial charge in [-0.15, -0.1) is 0 Å². The predicted molar refractivity (Wildman–Crippen MR) is 85.2 cm³/mol. The lowest BCUT2D eigenvalue weighted by Gasteiger charge is -2.20. The van der Waals surface area contributed by atoms with E-state index in [4.69, 9.17) is 0 Å². The molecule has 0 radical (unpaired) electrons. The number of hydrogen-bond donors (Lipinski definition) is 1. The number of carbonyl (C=O) groups excluding carboxylic acids is 1. The lowest BCUT2D eigenvalue weighted by molar-refractivity contribution is 0.0754. The second-order valence-electron chi connectivity index (χ2n) is 5.05. The summed E-state index contributed by atoms with van der Waals surface area (Å²) in [7, 11) is 0. The Morgan fingerprint density at radius 1 is 1.05 bits per heavy atom. The third-order valence-corrected chi connectivity index (χ3v) is 3.70. The van der Waals surface area contributed by atoms with Crippen molar-refractivity contribution in [2.45, 2.75) is 13.5 Å². The number of H-pyrrole nitrogens is 1. The molecule has 0 aliphatic heterocycles. The van der Waals surface area contributed by atoms with Crippen LogP contribution in [0.25, 0.3) is 10.9 Å². The first-order valence-electron chi connectivity index (χ1n) is 7.19. The second kappa shape index (κ2) is 5.83. The number of amides is 1. The van der Waals surface area contributed by atoms with E-state index >= 15 is 0 Å². The van der Waals surface area contributed by atoms with E-state index in [9.17, 15) is 4.79 Å². The summed E-state index contributed by atoms with van der Waals surface area (Å²) in [5.41, 5.74) is 2.88. The zero-order chi connectivity index (χ0) is 14.7. The fraction of sp³-hybridized carbons (Fsp3) is 0.167. The average Bonchev–Trinajstić information content (AvgIpc) is 2.97. The van der Waals surface area contributed by atoms with Crippen LogP contribution >= 0.6 is 0 Å². The first-order chi connectivity index (χ1) is 10.3. The van der Waals surface area contributed by atoms with Gasteiger partial charge in [0, 0.05) is 30.2 Å². The molecule has 0 bridgehead atoms. The van der Waals surface area contributed by atoms with Crippen molar-refractivity contribution < 1.29 is 4.79 Å². The van der Waals surface area contributed by atoms with Gasteiger partial charge < -0.3 is 9.88 Å². The van der Waals surface area contributed by atoms with Crippen LogP contribution < -0.4 is 0 Å². The molecular weight excluding hydrogens is 260 g/mol. The number of aromatic amines is 1. The standard InChI is InChI=1S/C18H18N2O/c1-2-20(13-14-8-4-3-5-9-14)18(21)16-12-19-17-11-7-6-10-15(16)17/h3-12,19H,2,13H2,1H3. The topological polar surface area (TPSA) is 36.1 Å². The third-order valence-electron chi connectivity index (χ3n) is 3.70. The SMILES string of the molecule is CCN(Cc1ccccc1)C(=O)c1c[nH]c2ccccc12. The molecular formula is C18H18N2O. The maximum atomic E-state index is 12.8. The predicted octanol–water partition coefficient (Wildman–Crippen LogP) is 3.83. The Hall–Kier alpha value is -2.55. The van der Waals surface area contributed by atoms with Crippen molar-refractivity contribution in [3.8, 4) is 0 Å². The number of hydrogen-bond acceptors (Lipinski definition) is 1. The first-order valence-corrected chi connectivity index (χ1v) is 7.19. The quantitative estimate of drug-likeness (QED) is 0.773. The summed E-state index contributed by atoms with van der Waals surface area (Å²) in [5.74, 6) is 0.0683. The van der Waals surface area contributed by atoms with Crippen LogP contribution in [0.4, 0.5) is 0 Å². The van der Waals surface area contributed by atoms with Crippen LogP contribution in [-0.4, -0.2) is 22.3 Å². The first kappa shape index (κ1) is 13.4. The van der Waals surface area contributed by atoms with Gasteiger partial charge in [-0.25, -0.2) is 0 Å². The van der Waals surface area contributed by atoms with Gasteiger partial charge in [0.2, 0.25) is 0 Å². The van der Waals surface area contributed by atoms with Crippen LogP contribution in [0, 0.1) is 0 Å². The molecule has 2 aromatic carbocycles. The number of para-hydroxylation sites is 1. The van der Waals surface area contributed by atoms with E-state index in [-0.39, 0.29) is 5.91 Å². The molecule has 3 rings (SSSR count). The summed E-state index contributed by atoms with van der Waals surface area (Å²) < 4.78 is 0. The van der Waals surface area contributed by atoms with Crippen molar-refractivity contribution in [1.82, 2.24) is 9.88 Å². The van der Waals surface area contributed by atoms with E-state index in [1.807, 2.05) is 66.4 Å². The molecule has 21 heavy (non-hydrogen) atoms. The summed E-state index contributed by atoms with van der Waals surface area (Å²) in [5, 5.41) is 0.981. The number of aromatic nitrogens is 1. The highest BCUT2D eigenvalue weighted by Crippen LogP contribution is 2.20. The molecule has 0 saturated heterocycles. The summed E-state index contributed by atoms with van der Waals surface area (Å²) in [6, 6.07) is 18.0. The molecule has 0 fully saturated rings. The second-order valence-corrected chi connectivity index (χ2v) is 5.05. The Balaban J connectivity index is 1.88. The molecule has 3 heteroatoms. The maximum absolute atomic E-state index is 12.8. The van der Waals surface area contributed by atoms with Crippen LogP contribution in [-0.2, 0) is 6.54 Å². The minimum Gasteiger partial charge on any atom is -0.360 e. The van der Waals surface area contributed by atoms with Crippen LogP contribution in [0.15, 0.2) is 60.8 Å².